The summed E-state index contributed by atoms with van der Waals surface area (Å²) in [5.74, 6) is 0.553. The third kappa shape index (κ3) is 4.67. The molecule has 7 heteroatoms. The van der Waals surface area contributed by atoms with Gasteiger partial charge in [0.1, 0.15) is 11.5 Å². The second-order valence-electron chi connectivity index (χ2n) is 7.09. The fraction of sp³-hybridized carbons (Fsp3) is 0. The molecule has 0 aliphatic heterocycles. The van der Waals surface area contributed by atoms with Crippen LogP contribution in [0.15, 0.2) is 97.1 Å². The first-order chi connectivity index (χ1) is 15.7. The zero-order valence-electron chi connectivity index (χ0n) is 17.6. The van der Waals surface area contributed by atoms with Gasteiger partial charge in [-0.15, -0.1) is 0 Å². The maximum absolute atomic E-state index is 9.81. The van der Waals surface area contributed by atoms with E-state index in [4.69, 9.17) is 0 Å². The Balaban J connectivity index is 0.000000152. The first kappa shape index (κ1) is 23.1. The molecule has 0 bridgehead atoms. The van der Waals surface area contributed by atoms with Crippen LogP contribution in [-0.4, -0.2) is 19.0 Å². The molecular weight excluding hydrogens is 502 g/mol. The molecule has 0 spiro atoms. The number of phenolic OH excluding ortho intramolecular Hbond substituents is 2. The first-order valence-corrected chi connectivity index (χ1v) is 11.5. The van der Waals surface area contributed by atoms with Gasteiger partial charge in [-0.25, -0.2) is 0 Å². The molecule has 2 aromatic heterocycles. The molecule has 0 aliphatic rings. The van der Waals surface area contributed by atoms with Crippen LogP contribution in [0.3, 0.4) is 0 Å². The number of para-hydroxylation sites is 2. The smallest absolute Gasteiger partial charge is 0.125 e. The number of benzene rings is 4. The van der Waals surface area contributed by atoms with Crippen molar-refractivity contribution in [2.45, 2.75) is 0 Å². The summed E-state index contributed by atoms with van der Waals surface area (Å²) in [7, 11) is 0. The molecule has 0 aliphatic carbocycles. The Morgan fingerprint density at radius 2 is 0.848 bits per heavy atom. The van der Waals surface area contributed by atoms with Crippen molar-refractivity contribution in [1.82, 2.24) is 8.75 Å². The van der Waals surface area contributed by atoms with Crippen molar-refractivity contribution >= 4 is 43.2 Å². The Morgan fingerprint density at radius 1 is 0.485 bits per heavy atom. The van der Waals surface area contributed by atoms with Crippen LogP contribution in [0.5, 0.6) is 11.5 Å². The number of rotatable bonds is 2. The molecule has 33 heavy (non-hydrogen) atoms. The van der Waals surface area contributed by atoms with Gasteiger partial charge in [-0.3, -0.25) is 0 Å². The number of hydrogen-bond acceptors (Lipinski definition) is 6. The van der Waals surface area contributed by atoms with Crippen LogP contribution in [0, 0.1) is 0 Å². The van der Waals surface area contributed by atoms with E-state index in [0.29, 0.717) is 0 Å². The van der Waals surface area contributed by atoms with Crippen LogP contribution < -0.4 is 0 Å². The molecule has 4 nitrogen and oxygen atoms in total. The van der Waals surface area contributed by atoms with Gasteiger partial charge in [0.15, 0.2) is 0 Å². The van der Waals surface area contributed by atoms with Gasteiger partial charge in [0.05, 0.1) is 20.8 Å². The molecule has 0 atom stereocenters. The van der Waals surface area contributed by atoms with Crippen molar-refractivity contribution in [3.05, 3.63) is 97.1 Å². The Hall–Kier alpha value is -3.12. The van der Waals surface area contributed by atoms with Gasteiger partial charge < -0.3 is 10.2 Å². The number of aromatic hydroxyl groups is 2. The van der Waals surface area contributed by atoms with Crippen molar-refractivity contribution in [2.75, 3.05) is 0 Å². The summed E-state index contributed by atoms with van der Waals surface area (Å²) < 4.78 is 11.1. The molecule has 0 saturated carbocycles. The molecule has 6 aromatic rings. The maximum Gasteiger partial charge on any atom is 0.125 e. The average molecular weight is 520 g/mol. The van der Waals surface area contributed by atoms with Crippen molar-refractivity contribution in [1.29, 1.82) is 0 Å². The molecule has 2 heterocycles. The molecule has 6 rings (SSSR count). The number of fused-ring (bicyclic) bond motifs is 2. The summed E-state index contributed by atoms with van der Waals surface area (Å²) >= 11 is 2.91. The van der Waals surface area contributed by atoms with Gasteiger partial charge in [-0.1, -0.05) is 60.7 Å². The van der Waals surface area contributed by atoms with E-state index < -0.39 is 0 Å². The Bertz CT molecular complexity index is 1410. The summed E-state index contributed by atoms with van der Waals surface area (Å²) in [4.78, 5) is 0. The van der Waals surface area contributed by atoms with Crippen LogP contribution in [0.4, 0.5) is 0 Å². The standard InChI is InChI=1S/2C13H9NOS.Zn/c2*15-11-7-3-1-5-9(11)13-10-6-2-4-8-12(10)16-14-13;/h2*1-8,15H;. The van der Waals surface area contributed by atoms with Crippen LogP contribution in [0.25, 0.3) is 42.7 Å². The first-order valence-electron chi connectivity index (χ1n) is 9.98. The number of hydrogen-bond donors (Lipinski definition) is 2. The minimum atomic E-state index is 0. The van der Waals surface area contributed by atoms with E-state index in [1.807, 2.05) is 84.9 Å². The largest absolute Gasteiger partial charge is 0.507 e. The molecule has 0 radical (unpaired) electrons. The normalized spacial score (nSPS) is 10.4. The van der Waals surface area contributed by atoms with Crippen LogP contribution >= 0.6 is 23.1 Å². The molecule has 0 amide bonds. The zero-order chi connectivity index (χ0) is 21.9. The van der Waals surface area contributed by atoms with Gasteiger partial charge >= 0.3 is 0 Å². The van der Waals surface area contributed by atoms with Crippen molar-refractivity contribution < 1.29 is 29.7 Å². The zero-order valence-corrected chi connectivity index (χ0v) is 22.2. The molecular formula is C26H18N2O2S2Zn. The molecule has 0 fully saturated rings. The third-order valence-corrected chi connectivity index (χ3v) is 6.73. The van der Waals surface area contributed by atoms with Gasteiger partial charge in [0.2, 0.25) is 0 Å². The van der Waals surface area contributed by atoms with E-state index in [0.717, 1.165) is 42.7 Å². The predicted molar refractivity (Wildman–Crippen MR) is 133 cm³/mol. The predicted octanol–water partition coefficient (Wildman–Crippen LogP) is 7.34. The third-order valence-electron chi connectivity index (χ3n) is 5.07. The summed E-state index contributed by atoms with van der Waals surface area (Å²) in [5.41, 5.74) is 3.30. The fourth-order valence-electron chi connectivity index (χ4n) is 3.51. The minimum absolute atomic E-state index is 0. The quantitative estimate of drug-likeness (QED) is 0.235. The van der Waals surface area contributed by atoms with Crippen LogP contribution in [0.1, 0.15) is 0 Å². The molecule has 0 saturated heterocycles. The Morgan fingerprint density at radius 3 is 1.27 bits per heavy atom. The van der Waals surface area contributed by atoms with Gasteiger partial charge in [0.25, 0.3) is 0 Å². The second kappa shape index (κ2) is 10.2. The molecule has 158 valence electrons. The molecule has 2 N–H and O–H groups in total. The number of nitrogens with zero attached hydrogens (tertiary/aromatic N) is 2. The van der Waals surface area contributed by atoms with E-state index in [1.165, 1.54) is 23.1 Å². The topological polar surface area (TPSA) is 66.2 Å². The Labute approximate surface area is 211 Å². The Kier molecular flexibility index (Phi) is 7.14. The van der Waals surface area contributed by atoms with Gasteiger partial charge in [-0.2, -0.15) is 8.75 Å². The van der Waals surface area contributed by atoms with Gasteiger partial charge in [-0.05, 0) is 59.5 Å². The number of phenols is 2. The summed E-state index contributed by atoms with van der Waals surface area (Å²) in [6, 6.07) is 30.7. The fourth-order valence-corrected chi connectivity index (χ4v) is 5.09. The van der Waals surface area contributed by atoms with Crippen molar-refractivity contribution in [2.24, 2.45) is 0 Å². The van der Waals surface area contributed by atoms with E-state index in [1.54, 1.807) is 12.1 Å². The van der Waals surface area contributed by atoms with E-state index in [2.05, 4.69) is 8.75 Å². The monoisotopic (exact) mass is 518 g/mol. The average Bonchev–Trinajstić information content (AvgIpc) is 3.45. The maximum atomic E-state index is 9.81. The van der Waals surface area contributed by atoms with Crippen molar-refractivity contribution in [3.63, 3.8) is 0 Å². The summed E-state index contributed by atoms with van der Waals surface area (Å²) in [5, 5.41) is 21.8. The van der Waals surface area contributed by atoms with Crippen LogP contribution in [0.2, 0.25) is 0 Å². The minimum Gasteiger partial charge on any atom is -0.507 e. The number of aromatic nitrogens is 2. The summed E-state index contributed by atoms with van der Waals surface area (Å²) in [6.07, 6.45) is 0. The molecule has 4 aromatic carbocycles. The van der Waals surface area contributed by atoms with Crippen LogP contribution in [-0.2, 0) is 19.5 Å². The van der Waals surface area contributed by atoms with E-state index >= 15 is 0 Å². The second-order valence-corrected chi connectivity index (χ2v) is 8.70. The van der Waals surface area contributed by atoms with E-state index in [-0.39, 0.29) is 31.0 Å². The van der Waals surface area contributed by atoms with Crippen molar-refractivity contribution in [3.8, 4) is 34.0 Å². The summed E-state index contributed by atoms with van der Waals surface area (Å²) in [6.45, 7) is 0. The van der Waals surface area contributed by atoms with E-state index in [9.17, 15) is 10.2 Å². The molecule has 0 unspecified atom stereocenters. The van der Waals surface area contributed by atoms with Gasteiger partial charge in [0, 0.05) is 41.4 Å². The SMILES string of the molecule is Oc1ccccc1-c1nsc2ccccc12.Oc1ccccc1-c1nsc2ccccc12.[Zn].